The highest BCUT2D eigenvalue weighted by molar-refractivity contribution is 7.91. The van der Waals surface area contributed by atoms with Crippen molar-refractivity contribution in [1.82, 2.24) is 14.9 Å². The van der Waals surface area contributed by atoms with Gasteiger partial charge in [-0.2, -0.15) is 0 Å². The van der Waals surface area contributed by atoms with Gasteiger partial charge in [-0.3, -0.25) is 4.79 Å². The molecule has 0 saturated carbocycles. The average molecular weight is 324 g/mol. The normalized spacial score (nSPS) is 24.5. The topological polar surface area (TPSA) is 83.5 Å². The minimum Gasteiger partial charge on any atom is -0.339 e. The number of carbonyl (C=O) groups excluding carboxylic acids is 1. The molecule has 0 unspecified atom stereocenters. The average Bonchev–Trinajstić information content (AvgIpc) is 2.87. The number of nitrogens with zero attached hydrogens (tertiary/aromatic N) is 4. The lowest BCUT2D eigenvalue weighted by atomic mass is 10.0. The van der Waals surface area contributed by atoms with Gasteiger partial charge in [0, 0.05) is 45.0 Å². The minimum absolute atomic E-state index is 0.00649. The van der Waals surface area contributed by atoms with E-state index in [9.17, 15) is 13.2 Å². The third-order valence-electron chi connectivity index (χ3n) is 4.26. The molecule has 0 bridgehead atoms. The molecule has 1 aromatic rings. The van der Waals surface area contributed by atoms with Gasteiger partial charge in [0.25, 0.3) is 0 Å². The summed E-state index contributed by atoms with van der Waals surface area (Å²) >= 11 is 0. The summed E-state index contributed by atoms with van der Waals surface area (Å²) in [6.07, 6.45) is 4.38. The summed E-state index contributed by atoms with van der Waals surface area (Å²) in [7, 11) is -2.91. The van der Waals surface area contributed by atoms with Crippen molar-refractivity contribution in [2.24, 2.45) is 5.92 Å². The van der Waals surface area contributed by atoms with E-state index in [1.54, 1.807) is 18.5 Å². The quantitative estimate of drug-likeness (QED) is 0.775. The summed E-state index contributed by atoms with van der Waals surface area (Å²) in [5.74, 6) is 1.14. The van der Waals surface area contributed by atoms with E-state index in [-0.39, 0.29) is 23.3 Å². The number of anilines is 1. The van der Waals surface area contributed by atoms with Crippen LogP contribution in [0.4, 0.5) is 5.95 Å². The van der Waals surface area contributed by atoms with Crippen molar-refractivity contribution in [2.45, 2.75) is 12.8 Å². The van der Waals surface area contributed by atoms with E-state index in [1.165, 1.54) is 0 Å². The fourth-order valence-electron chi connectivity index (χ4n) is 3.02. The largest absolute Gasteiger partial charge is 0.339 e. The van der Waals surface area contributed by atoms with Gasteiger partial charge in [-0.05, 0) is 18.4 Å². The summed E-state index contributed by atoms with van der Waals surface area (Å²) in [5, 5.41) is 0. The van der Waals surface area contributed by atoms with Crippen LogP contribution in [0.2, 0.25) is 0 Å². The summed E-state index contributed by atoms with van der Waals surface area (Å²) in [4.78, 5) is 24.6. The van der Waals surface area contributed by atoms with Gasteiger partial charge in [0.1, 0.15) is 0 Å². The Kier molecular flexibility index (Phi) is 4.28. The molecule has 2 aliphatic heterocycles. The van der Waals surface area contributed by atoms with E-state index >= 15 is 0 Å². The summed E-state index contributed by atoms with van der Waals surface area (Å²) in [5.41, 5.74) is 0. The van der Waals surface area contributed by atoms with Gasteiger partial charge in [-0.25, -0.2) is 18.4 Å². The molecular formula is C14H20N4O3S. The molecule has 0 aliphatic carbocycles. The predicted molar refractivity (Wildman–Crippen MR) is 82.2 cm³/mol. The van der Waals surface area contributed by atoms with E-state index in [0.29, 0.717) is 45.0 Å². The van der Waals surface area contributed by atoms with Crippen LogP contribution in [0.25, 0.3) is 0 Å². The number of aromatic nitrogens is 2. The summed E-state index contributed by atoms with van der Waals surface area (Å²) in [6, 6.07) is 1.78. The smallest absolute Gasteiger partial charge is 0.225 e. The van der Waals surface area contributed by atoms with Crippen LogP contribution in [-0.2, 0) is 14.6 Å². The molecule has 1 amide bonds. The second kappa shape index (κ2) is 6.20. The molecule has 2 saturated heterocycles. The Bertz CT molecular complexity index is 627. The molecule has 3 heterocycles. The molecule has 2 fully saturated rings. The number of rotatable bonds is 3. The Morgan fingerprint density at radius 3 is 2.45 bits per heavy atom. The molecule has 2 aliphatic rings. The second-order valence-corrected chi connectivity index (χ2v) is 8.12. The van der Waals surface area contributed by atoms with Crippen molar-refractivity contribution in [3.8, 4) is 0 Å². The third-order valence-corrected chi connectivity index (χ3v) is 6.09. The first-order valence-electron chi connectivity index (χ1n) is 7.54. The number of hydrogen-bond acceptors (Lipinski definition) is 6. The highest BCUT2D eigenvalue weighted by Crippen LogP contribution is 2.22. The number of sulfone groups is 1. The predicted octanol–water partition coefficient (Wildman–Crippen LogP) is -0.0500. The van der Waals surface area contributed by atoms with Gasteiger partial charge >= 0.3 is 0 Å². The molecular weight excluding hydrogens is 304 g/mol. The van der Waals surface area contributed by atoms with Crippen LogP contribution in [-0.4, -0.2) is 66.9 Å². The molecule has 1 atom stereocenters. The van der Waals surface area contributed by atoms with Crippen LogP contribution in [0.1, 0.15) is 12.8 Å². The second-order valence-electron chi connectivity index (χ2n) is 5.89. The SMILES string of the molecule is O=C(C[C@@H]1CCS(=O)(=O)C1)N1CCN(c2ncccn2)CC1. The van der Waals surface area contributed by atoms with E-state index in [2.05, 4.69) is 14.9 Å². The number of hydrogen-bond donors (Lipinski definition) is 0. The van der Waals surface area contributed by atoms with Crippen LogP contribution in [0.5, 0.6) is 0 Å². The Morgan fingerprint density at radius 1 is 1.18 bits per heavy atom. The molecule has 22 heavy (non-hydrogen) atoms. The Labute approximate surface area is 130 Å². The number of amides is 1. The van der Waals surface area contributed by atoms with E-state index < -0.39 is 9.84 Å². The van der Waals surface area contributed by atoms with Crippen LogP contribution in [0.3, 0.4) is 0 Å². The standard InChI is InChI=1S/C14H20N4O3S/c19-13(10-12-2-9-22(20,21)11-12)17-5-7-18(8-6-17)14-15-3-1-4-16-14/h1,3-4,12H,2,5-11H2/t12-/m0/s1. The zero-order valence-electron chi connectivity index (χ0n) is 12.4. The molecule has 8 heteroatoms. The first-order valence-corrected chi connectivity index (χ1v) is 9.36. The van der Waals surface area contributed by atoms with Crippen LogP contribution < -0.4 is 4.90 Å². The minimum atomic E-state index is -2.91. The van der Waals surface area contributed by atoms with Gasteiger partial charge in [0.15, 0.2) is 9.84 Å². The molecule has 0 N–H and O–H groups in total. The van der Waals surface area contributed by atoms with Crippen molar-refractivity contribution in [3.05, 3.63) is 18.5 Å². The highest BCUT2D eigenvalue weighted by Gasteiger charge is 2.31. The fraction of sp³-hybridized carbons (Fsp3) is 0.643. The molecule has 3 rings (SSSR count). The highest BCUT2D eigenvalue weighted by atomic mass is 32.2. The summed E-state index contributed by atoms with van der Waals surface area (Å²) < 4.78 is 22.9. The van der Waals surface area contributed by atoms with Gasteiger partial charge in [0.2, 0.25) is 11.9 Å². The Hall–Kier alpha value is -1.70. The molecule has 0 spiro atoms. The van der Waals surface area contributed by atoms with E-state index in [1.807, 2.05) is 4.90 Å². The van der Waals surface area contributed by atoms with Crippen molar-refractivity contribution in [3.63, 3.8) is 0 Å². The number of carbonyl (C=O) groups is 1. The van der Waals surface area contributed by atoms with E-state index in [0.717, 1.165) is 0 Å². The molecule has 0 aromatic carbocycles. The zero-order chi connectivity index (χ0) is 15.6. The summed E-state index contributed by atoms with van der Waals surface area (Å²) in [6.45, 7) is 2.69. The monoisotopic (exact) mass is 324 g/mol. The molecule has 120 valence electrons. The van der Waals surface area contributed by atoms with Crippen LogP contribution in [0, 0.1) is 5.92 Å². The molecule has 1 aromatic heterocycles. The molecule has 0 radical (unpaired) electrons. The fourth-order valence-corrected chi connectivity index (χ4v) is 4.88. The maximum Gasteiger partial charge on any atom is 0.225 e. The van der Waals surface area contributed by atoms with E-state index in [4.69, 9.17) is 0 Å². The third kappa shape index (κ3) is 3.55. The molecule has 7 nitrogen and oxygen atoms in total. The van der Waals surface area contributed by atoms with Crippen molar-refractivity contribution in [2.75, 3.05) is 42.6 Å². The van der Waals surface area contributed by atoms with Crippen molar-refractivity contribution in [1.29, 1.82) is 0 Å². The Balaban J connectivity index is 1.50. The maximum atomic E-state index is 12.3. The first kappa shape index (κ1) is 15.2. The van der Waals surface area contributed by atoms with Gasteiger partial charge in [-0.15, -0.1) is 0 Å². The lowest BCUT2D eigenvalue weighted by molar-refractivity contribution is -0.132. The van der Waals surface area contributed by atoms with Gasteiger partial charge < -0.3 is 9.80 Å². The van der Waals surface area contributed by atoms with Crippen molar-refractivity contribution < 1.29 is 13.2 Å². The maximum absolute atomic E-state index is 12.3. The van der Waals surface area contributed by atoms with Gasteiger partial charge in [-0.1, -0.05) is 0 Å². The Morgan fingerprint density at radius 2 is 1.86 bits per heavy atom. The van der Waals surface area contributed by atoms with Crippen LogP contribution >= 0.6 is 0 Å². The van der Waals surface area contributed by atoms with Crippen LogP contribution in [0.15, 0.2) is 18.5 Å². The lowest BCUT2D eigenvalue weighted by Gasteiger charge is -2.35. The van der Waals surface area contributed by atoms with Crippen molar-refractivity contribution >= 4 is 21.7 Å². The first-order chi connectivity index (χ1) is 10.5. The number of piperazine rings is 1. The lowest BCUT2D eigenvalue weighted by Crippen LogP contribution is -2.49. The zero-order valence-corrected chi connectivity index (χ0v) is 13.2. The van der Waals surface area contributed by atoms with Gasteiger partial charge in [0.05, 0.1) is 11.5 Å².